The van der Waals surface area contributed by atoms with Crippen molar-refractivity contribution in [1.29, 1.82) is 0 Å². The molecular weight excluding hydrogens is 567 g/mol. The summed E-state index contributed by atoms with van der Waals surface area (Å²) in [7, 11) is -2.98. The van der Waals surface area contributed by atoms with Crippen LogP contribution in [0.25, 0.3) is 22.2 Å². The predicted molar refractivity (Wildman–Crippen MR) is 159 cm³/mol. The van der Waals surface area contributed by atoms with Gasteiger partial charge in [-0.3, -0.25) is 0 Å². The molecule has 2 N–H and O–H groups in total. The zero-order valence-electron chi connectivity index (χ0n) is 22.2. The Hall–Kier alpha value is -3.99. The van der Waals surface area contributed by atoms with Gasteiger partial charge in [-0.05, 0) is 66.2 Å². The zero-order valence-corrected chi connectivity index (χ0v) is 23.8. The Balaban J connectivity index is 1.26. The molecule has 0 saturated carbocycles. The van der Waals surface area contributed by atoms with Crippen LogP contribution in [-0.4, -0.2) is 43.5 Å². The molecule has 0 aliphatic heterocycles. The van der Waals surface area contributed by atoms with Crippen LogP contribution in [0.5, 0.6) is 5.75 Å². The van der Waals surface area contributed by atoms with Gasteiger partial charge in [0, 0.05) is 42.4 Å². The van der Waals surface area contributed by atoms with E-state index in [0.717, 1.165) is 22.2 Å². The smallest absolute Gasteiger partial charge is 0.148 e. The van der Waals surface area contributed by atoms with Crippen LogP contribution < -0.4 is 15.4 Å². The maximum atomic E-state index is 13.4. The number of halogens is 2. The second-order valence-corrected chi connectivity index (χ2v) is 12.2. The molecule has 0 saturated heterocycles. The molecule has 0 aliphatic rings. The van der Waals surface area contributed by atoms with Gasteiger partial charge in [-0.1, -0.05) is 23.7 Å². The van der Waals surface area contributed by atoms with Crippen LogP contribution >= 0.6 is 11.6 Å². The van der Waals surface area contributed by atoms with E-state index in [1.807, 2.05) is 36.4 Å². The first-order valence-electron chi connectivity index (χ1n) is 12.9. The fourth-order valence-electron chi connectivity index (χ4n) is 4.19. The zero-order chi connectivity index (χ0) is 28.8. The van der Waals surface area contributed by atoms with Gasteiger partial charge in [-0.15, -0.1) is 0 Å². The van der Waals surface area contributed by atoms with Crippen LogP contribution in [0.15, 0.2) is 83.5 Å². The standard InChI is InChI=1S/C30H28ClFN4O4S/c1-41(37,38)14-13-33-12-11-24-7-10-28(40-24)21-5-8-27-25(16-21)30(35-19-34-27)36-23-6-9-29(26(31)17-23)39-18-20-3-2-4-22(32)15-20/h2-10,15-17,19,33H,11-14,18H2,1H3,(H,34,35,36). The van der Waals surface area contributed by atoms with Gasteiger partial charge in [0.05, 0.1) is 16.3 Å². The quantitative estimate of drug-likeness (QED) is 0.165. The molecule has 0 amide bonds. The highest BCUT2D eigenvalue weighted by Gasteiger charge is 2.11. The normalized spacial score (nSPS) is 11.6. The molecule has 2 aromatic heterocycles. The largest absolute Gasteiger partial charge is 0.487 e. The summed E-state index contributed by atoms with van der Waals surface area (Å²) in [6.07, 6.45) is 3.35. The molecule has 3 aromatic carbocycles. The summed E-state index contributed by atoms with van der Waals surface area (Å²) in [4.78, 5) is 8.82. The first-order valence-corrected chi connectivity index (χ1v) is 15.3. The van der Waals surface area contributed by atoms with Crippen LogP contribution in [0.4, 0.5) is 15.9 Å². The first-order chi connectivity index (χ1) is 19.7. The van der Waals surface area contributed by atoms with E-state index in [9.17, 15) is 12.8 Å². The van der Waals surface area contributed by atoms with Crippen LogP contribution in [0.2, 0.25) is 5.02 Å². The molecule has 212 valence electrons. The summed E-state index contributed by atoms with van der Waals surface area (Å²) < 4.78 is 47.8. The minimum atomic E-state index is -2.98. The fraction of sp³-hybridized carbons (Fsp3) is 0.200. The van der Waals surface area contributed by atoms with Crippen molar-refractivity contribution in [2.75, 3.05) is 30.4 Å². The molecule has 41 heavy (non-hydrogen) atoms. The molecule has 2 heterocycles. The molecule has 0 fully saturated rings. The summed E-state index contributed by atoms with van der Waals surface area (Å²) in [6, 6.07) is 21.2. The van der Waals surface area contributed by atoms with Gasteiger partial charge in [-0.25, -0.2) is 22.8 Å². The Labute approximate surface area is 242 Å². The third-order valence-electron chi connectivity index (χ3n) is 6.26. The Morgan fingerprint density at radius 3 is 2.68 bits per heavy atom. The molecular formula is C30H28ClFN4O4S. The van der Waals surface area contributed by atoms with E-state index in [4.69, 9.17) is 20.8 Å². The molecule has 0 unspecified atom stereocenters. The highest BCUT2D eigenvalue weighted by Crippen LogP contribution is 2.33. The molecule has 0 bridgehead atoms. The number of furan rings is 1. The lowest BCUT2D eigenvalue weighted by molar-refractivity contribution is 0.306. The monoisotopic (exact) mass is 594 g/mol. The predicted octanol–water partition coefficient (Wildman–Crippen LogP) is 6.18. The first kappa shape index (κ1) is 28.5. The van der Waals surface area contributed by atoms with Gasteiger partial charge in [0.25, 0.3) is 0 Å². The average molecular weight is 595 g/mol. The molecule has 0 aliphatic carbocycles. The van der Waals surface area contributed by atoms with Crippen LogP contribution in [0, 0.1) is 5.82 Å². The number of hydrogen-bond acceptors (Lipinski definition) is 8. The van der Waals surface area contributed by atoms with Crippen LogP contribution in [0.1, 0.15) is 11.3 Å². The minimum Gasteiger partial charge on any atom is -0.487 e. The van der Waals surface area contributed by atoms with E-state index in [1.54, 1.807) is 24.3 Å². The second kappa shape index (κ2) is 12.7. The summed E-state index contributed by atoms with van der Waals surface area (Å²) in [6.45, 7) is 1.21. The lowest BCUT2D eigenvalue weighted by atomic mass is 10.1. The molecule has 0 atom stereocenters. The lowest BCUT2D eigenvalue weighted by Gasteiger charge is -2.12. The number of hydrogen-bond donors (Lipinski definition) is 2. The number of ether oxygens (including phenoxy) is 1. The van der Waals surface area contributed by atoms with E-state index < -0.39 is 9.84 Å². The highest BCUT2D eigenvalue weighted by molar-refractivity contribution is 7.90. The van der Waals surface area contributed by atoms with Crippen molar-refractivity contribution in [1.82, 2.24) is 15.3 Å². The van der Waals surface area contributed by atoms with E-state index in [-0.39, 0.29) is 18.2 Å². The van der Waals surface area contributed by atoms with E-state index in [2.05, 4.69) is 20.6 Å². The van der Waals surface area contributed by atoms with Crippen molar-refractivity contribution in [2.45, 2.75) is 13.0 Å². The van der Waals surface area contributed by atoms with E-state index in [1.165, 1.54) is 24.7 Å². The Kier molecular flexibility index (Phi) is 8.82. The van der Waals surface area contributed by atoms with E-state index >= 15 is 0 Å². The van der Waals surface area contributed by atoms with Gasteiger partial charge < -0.3 is 19.8 Å². The third kappa shape index (κ3) is 7.81. The topological polar surface area (TPSA) is 106 Å². The van der Waals surface area contributed by atoms with Crippen LogP contribution in [-0.2, 0) is 22.9 Å². The number of sulfone groups is 1. The number of nitrogens with one attached hydrogen (secondary N) is 2. The molecule has 5 aromatic rings. The number of aromatic nitrogens is 2. The third-order valence-corrected chi connectivity index (χ3v) is 7.50. The van der Waals surface area contributed by atoms with Crippen LogP contribution in [0.3, 0.4) is 0 Å². The Morgan fingerprint density at radius 1 is 1.00 bits per heavy atom. The maximum absolute atomic E-state index is 13.4. The molecule has 0 radical (unpaired) electrons. The van der Waals surface area contributed by atoms with Crippen molar-refractivity contribution < 1.29 is 22.0 Å². The summed E-state index contributed by atoms with van der Waals surface area (Å²) in [5, 5.41) is 7.63. The minimum absolute atomic E-state index is 0.104. The number of fused-ring (bicyclic) bond motifs is 1. The van der Waals surface area contributed by atoms with Gasteiger partial charge in [0.1, 0.15) is 51.7 Å². The SMILES string of the molecule is CS(=O)(=O)CCNCCc1ccc(-c2ccc3ncnc(Nc4ccc(OCc5cccc(F)c5)c(Cl)c4)c3c2)o1. The number of benzene rings is 3. The van der Waals surface area contributed by atoms with E-state index in [0.29, 0.717) is 53.1 Å². The lowest BCUT2D eigenvalue weighted by Crippen LogP contribution is -2.24. The van der Waals surface area contributed by atoms with Crippen molar-refractivity contribution in [3.8, 4) is 17.1 Å². The van der Waals surface area contributed by atoms with Crippen molar-refractivity contribution in [3.05, 3.63) is 101 Å². The van der Waals surface area contributed by atoms with Gasteiger partial charge in [-0.2, -0.15) is 0 Å². The summed E-state index contributed by atoms with van der Waals surface area (Å²) in [5.41, 5.74) is 3.04. The maximum Gasteiger partial charge on any atom is 0.148 e. The summed E-state index contributed by atoms with van der Waals surface area (Å²) in [5.74, 6) is 2.37. The second-order valence-electron chi connectivity index (χ2n) is 9.54. The fourth-order valence-corrected chi connectivity index (χ4v) is 4.94. The molecule has 8 nitrogen and oxygen atoms in total. The number of rotatable bonds is 12. The van der Waals surface area contributed by atoms with Crippen molar-refractivity contribution >= 4 is 43.8 Å². The molecule has 0 spiro atoms. The number of nitrogens with zero attached hydrogens (tertiary/aromatic N) is 2. The van der Waals surface area contributed by atoms with Crippen molar-refractivity contribution in [3.63, 3.8) is 0 Å². The Bertz CT molecular complexity index is 1780. The average Bonchev–Trinajstić information content (AvgIpc) is 3.41. The number of anilines is 2. The van der Waals surface area contributed by atoms with Gasteiger partial charge in [0.15, 0.2) is 0 Å². The highest BCUT2D eigenvalue weighted by atomic mass is 35.5. The molecule has 5 rings (SSSR count). The van der Waals surface area contributed by atoms with Gasteiger partial charge in [0.2, 0.25) is 0 Å². The molecule has 11 heteroatoms. The Morgan fingerprint density at radius 2 is 1.88 bits per heavy atom. The summed E-state index contributed by atoms with van der Waals surface area (Å²) >= 11 is 6.48. The van der Waals surface area contributed by atoms with Gasteiger partial charge >= 0.3 is 0 Å². The van der Waals surface area contributed by atoms with Crippen molar-refractivity contribution in [2.24, 2.45) is 0 Å².